The summed E-state index contributed by atoms with van der Waals surface area (Å²) in [4.78, 5) is 38.5. The molecular weight excluding hydrogens is 365 g/mol. The number of rotatable bonds is 4. The Bertz CT molecular complexity index is 964. The second-order valence-electron chi connectivity index (χ2n) is 6.76. The predicted octanol–water partition coefficient (Wildman–Crippen LogP) is 1.17. The molecule has 0 saturated carbocycles. The van der Waals surface area contributed by atoms with Crippen molar-refractivity contribution >= 4 is 17.7 Å². The smallest absolute Gasteiger partial charge is 0.329 e. The molecule has 0 spiro atoms. The van der Waals surface area contributed by atoms with Gasteiger partial charge in [0.05, 0.1) is 30.8 Å². The van der Waals surface area contributed by atoms with Gasteiger partial charge in [-0.25, -0.2) is 4.39 Å². The number of esters is 1. The van der Waals surface area contributed by atoms with Crippen LogP contribution in [0.15, 0.2) is 48.2 Å². The zero-order valence-corrected chi connectivity index (χ0v) is 15.3. The zero-order chi connectivity index (χ0) is 20.6. The van der Waals surface area contributed by atoms with Crippen LogP contribution in [0, 0.1) is 22.6 Å². The van der Waals surface area contributed by atoms with Crippen LogP contribution < -0.4 is 5.73 Å². The average Bonchev–Trinajstić information content (AvgIpc) is 2.98. The molecule has 2 aliphatic heterocycles. The van der Waals surface area contributed by atoms with Crippen LogP contribution in [0.5, 0.6) is 0 Å². The number of fused-ring (bicyclic) bond motifs is 1. The van der Waals surface area contributed by atoms with E-state index in [4.69, 9.17) is 10.5 Å². The maximum absolute atomic E-state index is 13.9. The summed E-state index contributed by atoms with van der Waals surface area (Å²) in [5, 5.41) is 10.1. The number of ether oxygens (including phenoxy) is 1. The summed E-state index contributed by atoms with van der Waals surface area (Å²) in [7, 11) is 1.15. The maximum Gasteiger partial charge on any atom is 0.329 e. The van der Waals surface area contributed by atoms with Crippen LogP contribution in [0.1, 0.15) is 18.4 Å². The molecule has 2 aliphatic rings. The van der Waals surface area contributed by atoms with E-state index in [0.717, 1.165) is 7.11 Å². The highest BCUT2D eigenvalue weighted by Gasteiger charge is 2.66. The highest BCUT2D eigenvalue weighted by atomic mass is 19.1. The van der Waals surface area contributed by atoms with E-state index in [1.807, 2.05) is 6.07 Å². The number of carbonyl (C=O) groups is 3. The molecule has 7 nitrogen and oxygen atoms in total. The molecule has 28 heavy (non-hydrogen) atoms. The van der Waals surface area contributed by atoms with E-state index >= 15 is 0 Å². The van der Waals surface area contributed by atoms with Gasteiger partial charge in [0.1, 0.15) is 5.82 Å². The highest BCUT2D eigenvalue weighted by molar-refractivity contribution is 5.96. The van der Waals surface area contributed by atoms with Crippen LogP contribution in [0.3, 0.4) is 0 Å². The number of amides is 1. The van der Waals surface area contributed by atoms with E-state index in [1.165, 1.54) is 48.4 Å². The fourth-order valence-electron chi connectivity index (χ4n) is 4.16. The molecule has 1 amide bonds. The van der Waals surface area contributed by atoms with Gasteiger partial charge in [-0.1, -0.05) is 18.2 Å². The molecule has 2 heterocycles. The second kappa shape index (κ2) is 6.93. The van der Waals surface area contributed by atoms with Crippen molar-refractivity contribution in [2.45, 2.75) is 24.9 Å². The van der Waals surface area contributed by atoms with Crippen molar-refractivity contribution in [1.29, 1.82) is 5.26 Å². The Balaban J connectivity index is 2.31. The van der Waals surface area contributed by atoms with Crippen molar-refractivity contribution in [3.8, 4) is 6.07 Å². The van der Waals surface area contributed by atoms with E-state index < -0.39 is 41.1 Å². The number of primary amides is 1. The van der Waals surface area contributed by atoms with Crippen molar-refractivity contribution in [1.82, 2.24) is 4.90 Å². The van der Waals surface area contributed by atoms with Crippen molar-refractivity contribution in [2.75, 3.05) is 7.11 Å². The molecule has 3 rings (SSSR count). The van der Waals surface area contributed by atoms with Crippen LogP contribution >= 0.6 is 0 Å². The van der Waals surface area contributed by atoms with E-state index in [1.54, 1.807) is 6.07 Å². The molecule has 1 aromatic rings. The maximum atomic E-state index is 13.9. The Morgan fingerprint density at radius 3 is 2.61 bits per heavy atom. The number of halogens is 1. The first kappa shape index (κ1) is 19.3. The molecule has 1 saturated heterocycles. The average molecular weight is 383 g/mol. The first-order valence-corrected chi connectivity index (χ1v) is 8.50. The number of benzene rings is 1. The lowest BCUT2D eigenvalue weighted by Gasteiger charge is -2.32. The Morgan fingerprint density at radius 2 is 2.07 bits per heavy atom. The van der Waals surface area contributed by atoms with Crippen LogP contribution in [0.2, 0.25) is 0 Å². The minimum atomic E-state index is -1.82. The van der Waals surface area contributed by atoms with Gasteiger partial charge in [-0.15, -0.1) is 0 Å². The molecule has 8 heteroatoms. The van der Waals surface area contributed by atoms with Gasteiger partial charge in [-0.3, -0.25) is 14.4 Å². The summed E-state index contributed by atoms with van der Waals surface area (Å²) in [6.45, 7) is 1.31. The Labute approximate surface area is 160 Å². The van der Waals surface area contributed by atoms with E-state index in [0.29, 0.717) is 5.56 Å². The molecule has 144 valence electrons. The first-order chi connectivity index (χ1) is 13.3. The van der Waals surface area contributed by atoms with Crippen LogP contribution in [-0.2, 0) is 19.1 Å². The lowest BCUT2D eigenvalue weighted by atomic mass is 9.68. The van der Waals surface area contributed by atoms with Crippen LogP contribution in [0.25, 0.3) is 0 Å². The van der Waals surface area contributed by atoms with E-state index in [2.05, 4.69) is 0 Å². The topological polar surface area (TPSA) is 113 Å². The van der Waals surface area contributed by atoms with Crippen molar-refractivity contribution < 1.29 is 23.5 Å². The molecule has 4 unspecified atom stereocenters. The van der Waals surface area contributed by atoms with Gasteiger partial charge in [0.15, 0.2) is 11.2 Å². The van der Waals surface area contributed by atoms with Crippen LogP contribution in [-0.4, -0.2) is 41.8 Å². The zero-order valence-electron chi connectivity index (χ0n) is 15.3. The number of nitrogens with two attached hydrogens (primary N) is 1. The molecule has 2 N–H and O–H groups in total. The third-order valence-electron chi connectivity index (χ3n) is 5.28. The fraction of sp³-hybridized carbons (Fsp3) is 0.300. The quantitative estimate of drug-likeness (QED) is 0.781. The number of nitriles is 1. The summed E-state index contributed by atoms with van der Waals surface area (Å²) < 4.78 is 18.9. The number of carbonyl (C=O) groups excluding carboxylic acids is 3. The van der Waals surface area contributed by atoms with Crippen molar-refractivity contribution in [2.24, 2.45) is 11.1 Å². The molecule has 4 atom stereocenters. The SMILES string of the molecule is COC(=O)C1(C#N)C(c2cccc(F)c2)C(C(C)=O)N2C=C(C(N)=O)C=CC21. The Kier molecular flexibility index (Phi) is 4.77. The van der Waals surface area contributed by atoms with Gasteiger partial charge in [0, 0.05) is 12.1 Å². The van der Waals surface area contributed by atoms with Gasteiger partial charge in [-0.05, 0) is 30.7 Å². The first-order valence-electron chi connectivity index (χ1n) is 8.50. The lowest BCUT2D eigenvalue weighted by Crippen LogP contribution is -2.45. The molecule has 0 aliphatic carbocycles. The summed E-state index contributed by atoms with van der Waals surface area (Å²) in [5.74, 6) is -3.49. The largest absolute Gasteiger partial charge is 0.468 e. The lowest BCUT2D eigenvalue weighted by molar-refractivity contribution is -0.150. The van der Waals surface area contributed by atoms with Crippen LogP contribution in [0.4, 0.5) is 4.39 Å². The third-order valence-corrected chi connectivity index (χ3v) is 5.28. The highest BCUT2D eigenvalue weighted by Crippen LogP contribution is 2.53. The molecule has 1 aromatic carbocycles. The number of hydrogen-bond donors (Lipinski definition) is 1. The molecular formula is C20H18FN3O4. The third kappa shape index (κ3) is 2.67. The Hall–Kier alpha value is -3.47. The fourth-order valence-corrected chi connectivity index (χ4v) is 4.16. The number of nitrogens with zero attached hydrogens (tertiary/aromatic N) is 2. The van der Waals surface area contributed by atoms with E-state index in [-0.39, 0.29) is 11.4 Å². The van der Waals surface area contributed by atoms with Gasteiger partial charge in [0.2, 0.25) is 5.91 Å². The minimum absolute atomic E-state index is 0.124. The predicted molar refractivity (Wildman–Crippen MR) is 95.7 cm³/mol. The van der Waals surface area contributed by atoms with Gasteiger partial charge < -0.3 is 15.4 Å². The van der Waals surface area contributed by atoms with E-state index in [9.17, 15) is 24.0 Å². The summed E-state index contributed by atoms with van der Waals surface area (Å²) in [5.41, 5.74) is 3.96. The molecule has 0 bridgehead atoms. The molecule has 1 fully saturated rings. The summed E-state index contributed by atoms with van der Waals surface area (Å²) in [6.07, 6.45) is 4.26. The van der Waals surface area contributed by atoms with Gasteiger partial charge in [-0.2, -0.15) is 5.26 Å². The van der Waals surface area contributed by atoms with Gasteiger partial charge in [0.25, 0.3) is 0 Å². The van der Waals surface area contributed by atoms with Gasteiger partial charge >= 0.3 is 5.97 Å². The Morgan fingerprint density at radius 1 is 1.36 bits per heavy atom. The monoisotopic (exact) mass is 383 g/mol. The second-order valence-corrected chi connectivity index (χ2v) is 6.76. The number of hydrogen-bond acceptors (Lipinski definition) is 6. The standard InChI is InChI=1S/C20H18FN3O4/c1-11(25)17-16(12-4-3-5-14(21)8-12)20(10-22,19(27)28-2)15-7-6-13(18(23)26)9-24(15)17/h3-9,15-17H,1-2H3,(H2,23,26). The number of Topliss-reactive ketones (excluding diaryl/α,β-unsaturated/α-hetero) is 1. The summed E-state index contributed by atoms with van der Waals surface area (Å²) in [6, 6.07) is 5.57. The van der Waals surface area contributed by atoms with Crippen molar-refractivity contribution in [3.63, 3.8) is 0 Å². The molecule has 0 aromatic heterocycles. The normalized spacial score (nSPS) is 28.1. The molecule has 0 radical (unpaired) electrons. The number of methoxy groups -OCH3 is 1. The summed E-state index contributed by atoms with van der Waals surface area (Å²) >= 11 is 0. The van der Waals surface area contributed by atoms with Crippen molar-refractivity contribution in [3.05, 3.63) is 59.6 Å². The minimum Gasteiger partial charge on any atom is -0.468 e. The number of ketones is 1.